The number of benzene rings is 2. The molecule has 0 fully saturated rings. The van der Waals surface area contributed by atoms with E-state index in [-0.39, 0.29) is 16.9 Å². The molecule has 33 heavy (non-hydrogen) atoms. The van der Waals surface area contributed by atoms with Crippen molar-refractivity contribution in [3.63, 3.8) is 0 Å². The predicted molar refractivity (Wildman–Crippen MR) is 125 cm³/mol. The fourth-order valence-electron chi connectivity index (χ4n) is 4.80. The molecule has 0 bridgehead atoms. The highest BCUT2D eigenvalue weighted by Crippen LogP contribution is 2.50. The van der Waals surface area contributed by atoms with Crippen molar-refractivity contribution in [1.29, 1.82) is 0 Å². The number of pyridine rings is 1. The highest BCUT2D eigenvalue weighted by molar-refractivity contribution is 6.30. The number of aromatic nitrogens is 1. The fourth-order valence-corrected chi connectivity index (χ4v) is 5.02. The molecule has 2 aromatic carbocycles. The lowest BCUT2D eigenvalue weighted by Gasteiger charge is -2.43. The third-order valence-corrected chi connectivity index (χ3v) is 6.46. The molecule has 3 heterocycles. The second-order valence-corrected chi connectivity index (χ2v) is 9.26. The summed E-state index contributed by atoms with van der Waals surface area (Å²) < 4.78 is 20.5. The summed E-state index contributed by atoms with van der Waals surface area (Å²) in [6.45, 7) is 1.97. The number of carbonyl (C=O) groups is 1. The number of carbonyl (C=O) groups excluding carboxylic acids is 1. The van der Waals surface area contributed by atoms with E-state index in [0.29, 0.717) is 35.3 Å². The molecule has 0 radical (unpaired) electrons. The van der Waals surface area contributed by atoms with Gasteiger partial charge in [-0.05, 0) is 66.1 Å². The van der Waals surface area contributed by atoms with Gasteiger partial charge in [-0.2, -0.15) is 0 Å². The fraction of sp³-hybridized carbons (Fsp3) is 0.240. The molecule has 1 spiro atoms. The Kier molecular flexibility index (Phi) is 4.90. The molecule has 5 rings (SSSR count). The molecule has 2 atom stereocenters. The van der Waals surface area contributed by atoms with Crippen LogP contribution in [0.3, 0.4) is 0 Å². The van der Waals surface area contributed by atoms with E-state index < -0.39 is 17.0 Å². The summed E-state index contributed by atoms with van der Waals surface area (Å²) in [6, 6.07) is 13.6. The number of amides is 1. The number of rotatable bonds is 3. The minimum atomic E-state index is -1.23. The van der Waals surface area contributed by atoms with E-state index >= 15 is 0 Å². The maximum absolute atomic E-state index is 14.0. The quantitative estimate of drug-likeness (QED) is 0.626. The van der Waals surface area contributed by atoms with Crippen LogP contribution in [0.4, 0.5) is 4.39 Å². The zero-order valence-electron chi connectivity index (χ0n) is 18.2. The zero-order valence-corrected chi connectivity index (χ0v) is 18.9. The second kappa shape index (κ2) is 7.56. The van der Waals surface area contributed by atoms with Crippen molar-refractivity contribution in [1.82, 2.24) is 9.88 Å². The van der Waals surface area contributed by atoms with Crippen molar-refractivity contribution in [2.24, 2.45) is 10.7 Å². The van der Waals surface area contributed by atoms with Crippen molar-refractivity contribution in [2.45, 2.75) is 30.9 Å². The van der Waals surface area contributed by atoms with Gasteiger partial charge in [-0.15, -0.1) is 0 Å². The van der Waals surface area contributed by atoms with Gasteiger partial charge in [-0.1, -0.05) is 17.7 Å². The highest BCUT2D eigenvalue weighted by Gasteiger charge is 2.56. The Morgan fingerprint density at radius 1 is 1.15 bits per heavy atom. The molecule has 0 saturated carbocycles. The van der Waals surface area contributed by atoms with Crippen LogP contribution in [0.1, 0.15) is 24.5 Å². The van der Waals surface area contributed by atoms with Crippen molar-refractivity contribution < 1.29 is 13.9 Å². The van der Waals surface area contributed by atoms with Gasteiger partial charge in [-0.25, -0.2) is 9.38 Å². The molecule has 1 aromatic heterocycles. The normalized spacial score (nSPS) is 23.9. The molecular weight excluding hydrogens is 443 g/mol. The number of guanidine groups is 1. The number of likely N-dealkylation sites (N-methyl/N-ethyl adjacent to an activating group) is 1. The molecule has 3 aromatic rings. The van der Waals surface area contributed by atoms with Crippen molar-refractivity contribution in [3.05, 3.63) is 82.9 Å². The Hall–Kier alpha value is -3.45. The van der Waals surface area contributed by atoms with Crippen molar-refractivity contribution >= 4 is 23.5 Å². The van der Waals surface area contributed by atoms with E-state index in [1.54, 1.807) is 31.6 Å². The first kappa shape index (κ1) is 21.4. The number of fused-ring (bicyclic) bond motifs is 2. The van der Waals surface area contributed by atoms with Crippen LogP contribution in [0.5, 0.6) is 5.75 Å². The third kappa shape index (κ3) is 3.62. The summed E-state index contributed by atoms with van der Waals surface area (Å²) in [4.78, 5) is 23.6. The van der Waals surface area contributed by atoms with E-state index in [9.17, 15) is 9.18 Å². The lowest BCUT2D eigenvalue weighted by Crippen LogP contribution is -2.51. The smallest absolute Gasteiger partial charge is 0.261 e. The predicted octanol–water partition coefficient (Wildman–Crippen LogP) is 4.31. The monoisotopic (exact) mass is 464 g/mol. The Morgan fingerprint density at radius 3 is 2.58 bits per heavy atom. The van der Waals surface area contributed by atoms with E-state index in [1.165, 1.54) is 17.0 Å². The van der Waals surface area contributed by atoms with Crippen LogP contribution in [-0.2, 0) is 16.8 Å². The second-order valence-electron chi connectivity index (χ2n) is 8.82. The maximum atomic E-state index is 14.0. The SMILES string of the molecule is CN1C(=O)C2(C[C@@](C)(Cc3ccncc3)Oc3ccc(-c4cc(F)cc(Cl)c4)cc32)N=C1N. The van der Waals surface area contributed by atoms with E-state index in [0.717, 1.165) is 5.56 Å². The van der Waals surface area contributed by atoms with Gasteiger partial charge in [0, 0.05) is 42.9 Å². The topological polar surface area (TPSA) is 80.8 Å². The minimum absolute atomic E-state index is 0.151. The molecule has 2 N–H and O–H groups in total. The van der Waals surface area contributed by atoms with Crippen LogP contribution in [0, 0.1) is 5.82 Å². The Morgan fingerprint density at radius 2 is 1.91 bits per heavy atom. The van der Waals surface area contributed by atoms with Gasteiger partial charge >= 0.3 is 0 Å². The molecule has 0 saturated heterocycles. The number of hydrogen-bond acceptors (Lipinski definition) is 5. The molecule has 1 amide bonds. The van der Waals surface area contributed by atoms with Gasteiger partial charge in [0.05, 0.1) is 0 Å². The Bertz CT molecular complexity index is 1280. The van der Waals surface area contributed by atoms with E-state index in [1.807, 2.05) is 31.2 Å². The van der Waals surface area contributed by atoms with Crippen LogP contribution in [0.15, 0.2) is 65.9 Å². The molecule has 1 unspecified atom stereocenters. The summed E-state index contributed by atoms with van der Waals surface area (Å²) in [6.07, 6.45) is 4.31. The van der Waals surface area contributed by atoms with Gasteiger partial charge in [0.2, 0.25) is 0 Å². The van der Waals surface area contributed by atoms with Crippen LogP contribution in [-0.4, -0.2) is 34.4 Å². The third-order valence-electron chi connectivity index (χ3n) is 6.24. The minimum Gasteiger partial charge on any atom is -0.487 e. The lowest BCUT2D eigenvalue weighted by atomic mass is 9.74. The summed E-state index contributed by atoms with van der Waals surface area (Å²) in [5, 5.41) is 0.289. The number of aliphatic imine (C=N–C) groups is 1. The first-order valence-corrected chi connectivity index (χ1v) is 10.9. The molecule has 2 aliphatic heterocycles. The van der Waals surface area contributed by atoms with Crippen molar-refractivity contribution in [2.75, 3.05) is 7.05 Å². The van der Waals surface area contributed by atoms with E-state index in [4.69, 9.17) is 22.1 Å². The standard InChI is InChI=1S/C25H22ClFN4O2/c1-24(13-15-5-7-29-8-6-15)14-25(22(32)31(2)23(28)30-25)20-11-16(3-4-21(20)33-24)17-9-18(26)12-19(27)10-17/h3-12H,13-14H2,1-2H3,(H2,28,30)/t24-,25?/m1/s1. The van der Waals surface area contributed by atoms with E-state index in [2.05, 4.69) is 9.98 Å². The van der Waals surface area contributed by atoms with Gasteiger partial charge in [0.15, 0.2) is 11.5 Å². The number of nitrogens with zero attached hydrogens (tertiary/aromatic N) is 3. The average molecular weight is 465 g/mol. The molecule has 0 aliphatic carbocycles. The number of nitrogens with two attached hydrogens (primary N) is 1. The van der Waals surface area contributed by atoms with Crippen LogP contribution >= 0.6 is 11.6 Å². The zero-order chi connectivity index (χ0) is 23.4. The maximum Gasteiger partial charge on any atom is 0.261 e. The number of hydrogen-bond donors (Lipinski definition) is 1. The Labute approximate surface area is 195 Å². The molecule has 168 valence electrons. The molecule has 8 heteroatoms. The first-order chi connectivity index (χ1) is 15.7. The molecule has 6 nitrogen and oxygen atoms in total. The number of halogens is 2. The summed E-state index contributed by atoms with van der Waals surface area (Å²) in [5.41, 5.74) is 7.08. The molecular formula is C25H22ClFN4O2. The first-order valence-electron chi connectivity index (χ1n) is 10.5. The van der Waals surface area contributed by atoms with Crippen LogP contribution < -0.4 is 10.5 Å². The lowest BCUT2D eigenvalue weighted by molar-refractivity contribution is -0.133. The van der Waals surface area contributed by atoms with Gasteiger partial charge in [0.1, 0.15) is 17.2 Å². The van der Waals surface area contributed by atoms with Crippen molar-refractivity contribution in [3.8, 4) is 16.9 Å². The highest BCUT2D eigenvalue weighted by atomic mass is 35.5. The van der Waals surface area contributed by atoms with Crippen LogP contribution in [0.25, 0.3) is 11.1 Å². The number of ether oxygens (including phenoxy) is 1. The summed E-state index contributed by atoms with van der Waals surface area (Å²) in [7, 11) is 1.61. The Balaban J connectivity index is 1.65. The van der Waals surface area contributed by atoms with Gasteiger partial charge in [0.25, 0.3) is 5.91 Å². The van der Waals surface area contributed by atoms with Gasteiger partial charge < -0.3 is 10.5 Å². The largest absolute Gasteiger partial charge is 0.487 e. The summed E-state index contributed by atoms with van der Waals surface area (Å²) >= 11 is 6.07. The van der Waals surface area contributed by atoms with Crippen LogP contribution in [0.2, 0.25) is 5.02 Å². The van der Waals surface area contributed by atoms with Gasteiger partial charge in [-0.3, -0.25) is 14.7 Å². The molecule has 2 aliphatic rings. The summed E-state index contributed by atoms with van der Waals surface area (Å²) in [5.74, 6) is 0.0348. The average Bonchev–Trinajstić information content (AvgIpc) is 2.97.